The van der Waals surface area contributed by atoms with Crippen LogP contribution in [0.15, 0.2) is 35.3 Å². The van der Waals surface area contributed by atoms with E-state index in [9.17, 15) is 9.59 Å². The van der Waals surface area contributed by atoms with Crippen molar-refractivity contribution in [3.63, 3.8) is 0 Å². The topological polar surface area (TPSA) is 79.2 Å². The second-order valence-electron chi connectivity index (χ2n) is 7.49. The predicted molar refractivity (Wildman–Crippen MR) is 103 cm³/mol. The van der Waals surface area contributed by atoms with Crippen LogP contribution < -0.4 is 15.0 Å². The van der Waals surface area contributed by atoms with Gasteiger partial charge in [0.1, 0.15) is 5.56 Å². The number of fused-ring (bicyclic) bond motifs is 1. The molecule has 1 aromatic heterocycles. The van der Waals surface area contributed by atoms with Gasteiger partial charge >= 0.3 is 0 Å². The van der Waals surface area contributed by atoms with Gasteiger partial charge in [-0.3, -0.25) is 14.2 Å². The van der Waals surface area contributed by atoms with E-state index in [2.05, 4.69) is 0 Å². The van der Waals surface area contributed by atoms with Crippen LogP contribution in [0.5, 0.6) is 11.5 Å². The number of carbonyl (C=O) groups is 1. The third kappa shape index (κ3) is 3.08. The second-order valence-corrected chi connectivity index (χ2v) is 7.49. The molecule has 1 amide bonds. The molecule has 1 spiro atoms. The van der Waals surface area contributed by atoms with Gasteiger partial charge < -0.3 is 23.8 Å². The fourth-order valence-corrected chi connectivity index (χ4v) is 4.12. The van der Waals surface area contributed by atoms with E-state index in [0.29, 0.717) is 61.9 Å². The molecule has 0 unspecified atom stereocenters. The van der Waals surface area contributed by atoms with Crippen molar-refractivity contribution in [3.8, 4) is 17.2 Å². The van der Waals surface area contributed by atoms with E-state index in [0.717, 1.165) is 0 Å². The van der Waals surface area contributed by atoms with Crippen molar-refractivity contribution in [2.24, 2.45) is 0 Å². The Labute approximate surface area is 167 Å². The Hall–Kier alpha value is -2.84. The average molecular weight is 398 g/mol. The molecule has 3 aliphatic rings. The van der Waals surface area contributed by atoms with Gasteiger partial charge in [-0.05, 0) is 30.7 Å². The number of likely N-dealkylation sites (tertiary alicyclic amines) is 1. The number of pyridine rings is 1. The Morgan fingerprint density at radius 3 is 2.52 bits per heavy atom. The van der Waals surface area contributed by atoms with Crippen molar-refractivity contribution in [1.82, 2.24) is 9.47 Å². The van der Waals surface area contributed by atoms with E-state index >= 15 is 0 Å². The van der Waals surface area contributed by atoms with Gasteiger partial charge in [-0.15, -0.1) is 0 Å². The summed E-state index contributed by atoms with van der Waals surface area (Å²) < 4.78 is 23.7. The van der Waals surface area contributed by atoms with Gasteiger partial charge in [0.2, 0.25) is 6.79 Å². The summed E-state index contributed by atoms with van der Waals surface area (Å²) in [4.78, 5) is 28.1. The molecule has 2 fully saturated rings. The van der Waals surface area contributed by atoms with Gasteiger partial charge in [0.05, 0.1) is 18.9 Å². The monoisotopic (exact) mass is 398 g/mol. The molecule has 0 radical (unpaired) electrons. The van der Waals surface area contributed by atoms with Crippen LogP contribution in [0.3, 0.4) is 0 Å². The molecule has 2 aromatic rings. The summed E-state index contributed by atoms with van der Waals surface area (Å²) in [5.74, 6) is 0.412. The highest BCUT2D eigenvalue weighted by atomic mass is 16.7. The summed E-state index contributed by atoms with van der Waals surface area (Å²) in [5.41, 5.74) is 1.13. The normalized spacial score (nSPS) is 19.7. The first-order valence-corrected chi connectivity index (χ1v) is 9.76. The molecular formula is C21H22N2O6. The van der Waals surface area contributed by atoms with Gasteiger partial charge in [-0.1, -0.05) is 0 Å². The first kappa shape index (κ1) is 18.2. The number of aryl methyl sites for hydroxylation is 1. The largest absolute Gasteiger partial charge is 0.454 e. The molecule has 0 bridgehead atoms. The Balaban J connectivity index is 1.44. The highest BCUT2D eigenvalue weighted by Gasteiger charge is 2.41. The fourth-order valence-electron chi connectivity index (χ4n) is 4.12. The number of nitrogens with zero attached hydrogens (tertiary/aromatic N) is 2. The van der Waals surface area contributed by atoms with E-state index in [-0.39, 0.29) is 23.8 Å². The third-order valence-electron chi connectivity index (χ3n) is 5.77. The van der Waals surface area contributed by atoms with Crippen LogP contribution >= 0.6 is 0 Å². The lowest BCUT2D eigenvalue weighted by Crippen LogP contribution is -2.48. The van der Waals surface area contributed by atoms with Crippen molar-refractivity contribution >= 4 is 5.91 Å². The lowest BCUT2D eigenvalue weighted by Gasteiger charge is -2.37. The van der Waals surface area contributed by atoms with Gasteiger partial charge in [0.15, 0.2) is 17.3 Å². The third-order valence-corrected chi connectivity index (χ3v) is 5.77. The predicted octanol–water partition coefficient (Wildman–Crippen LogP) is 1.85. The minimum Gasteiger partial charge on any atom is -0.454 e. The van der Waals surface area contributed by atoms with Gasteiger partial charge in [0, 0.05) is 38.2 Å². The Morgan fingerprint density at radius 2 is 1.76 bits per heavy atom. The van der Waals surface area contributed by atoms with Crippen LogP contribution in [-0.2, 0) is 9.47 Å². The molecule has 2 saturated heterocycles. The molecule has 152 valence electrons. The summed E-state index contributed by atoms with van der Waals surface area (Å²) >= 11 is 0. The van der Waals surface area contributed by atoms with Crippen molar-refractivity contribution in [2.75, 3.05) is 33.1 Å². The van der Waals surface area contributed by atoms with E-state index in [1.165, 1.54) is 4.57 Å². The summed E-state index contributed by atoms with van der Waals surface area (Å²) in [6.07, 6.45) is 2.90. The molecular weight excluding hydrogens is 376 g/mol. The molecule has 0 saturated carbocycles. The summed E-state index contributed by atoms with van der Waals surface area (Å²) in [6.45, 7) is 4.12. The Bertz CT molecular complexity index is 1010. The molecule has 29 heavy (non-hydrogen) atoms. The van der Waals surface area contributed by atoms with Crippen molar-refractivity contribution in [2.45, 2.75) is 25.6 Å². The van der Waals surface area contributed by atoms with Crippen LogP contribution in [0, 0.1) is 6.92 Å². The molecule has 0 N–H and O–H groups in total. The number of benzene rings is 1. The number of rotatable bonds is 2. The molecule has 1 aromatic carbocycles. The van der Waals surface area contributed by atoms with Gasteiger partial charge in [-0.2, -0.15) is 0 Å². The summed E-state index contributed by atoms with van der Waals surface area (Å²) in [7, 11) is 0. The van der Waals surface area contributed by atoms with Crippen molar-refractivity contribution < 1.29 is 23.7 Å². The molecule has 8 heteroatoms. The van der Waals surface area contributed by atoms with Crippen molar-refractivity contribution in [3.05, 3.63) is 51.9 Å². The summed E-state index contributed by atoms with van der Waals surface area (Å²) in [6, 6.07) is 7.07. The molecule has 0 atom stereocenters. The maximum absolute atomic E-state index is 13.2. The van der Waals surface area contributed by atoms with Crippen LogP contribution in [0.4, 0.5) is 0 Å². The molecule has 5 rings (SSSR count). The Kier molecular flexibility index (Phi) is 4.33. The van der Waals surface area contributed by atoms with Crippen LogP contribution in [0.25, 0.3) is 5.69 Å². The Morgan fingerprint density at radius 1 is 1.03 bits per heavy atom. The quantitative estimate of drug-likeness (QED) is 0.768. The first-order chi connectivity index (χ1) is 14.1. The van der Waals surface area contributed by atoms with Crippen LogP contribution in [-0.4, -0.2) is 54.3 Å². The zero-order chi connectivity index (χ0) is 20.0. The van der Waals surface area contributed by atoms with Crippen LogP contribution in [0.1, 0.15) is 28.8 Å². The minimum atomic E-state index is -0.560. The maximum Gasteiger partial charge on any atom is 0.268 e. The lowest BCUT2D eigenvalue weighted by molar-refractivity contribution is -0.181. The first-order valence-electron chi connectivity index (χ1n) is 9.76. The molecule has 3 aliphatic heterocycles. The molecule has 4 heterocycles. The van der Waals surface area contributed by atoms with Crippen molar-refractivity contribution in [1.29, 1.82) is 0 Å². The SMILES string of the molecule is Cc1ccn(-c2ccc3c(c2)OCO3)c(=O)c1C(=O)N1CCC2(CC1)OCCO2. The lowest BCUT2D eigenvalue weighted by atomic mass is 10.0. The second kappa shape index (κ2) is 6.89. The minimum absolute atomic E-state index is 0.162. The fraction of sp³-hybridized carbons (Fsp3) is 0.429. The molecule has 0 aliphatic carbocycles. The number of amides is 1. The average Bonchev–Trinajstić information content (AvgIpc) is 3.38. The van der Waals surface area contributed by atoms with E-state index in [1.807, 2.05) is 0 Å². The summed E-state index contributed by atoms with van der Waals surface area (Å²) in [5, 5.41) is 0. The van der Waals surface area contributed by atoms with E-state index < -0.39 is 5.79 Å². The number of hydrogen-bond donors (Lipinski definition) is 0. The zero-order valence-electron chi connectivity index (χ0n) is 16.2. The smallest absolute Gasteiger partial charge is 0.268 e. The zero-order valence-corrected chi connectivity index (χ0v) is 16.2. The number of carbonyl (C=O) groups excluding carboxylic acids is 1. The van der Waals surface area contributed by atoms with Gasteiger partial charge in [0.25, 0.3) is 11.5 Å². The maximum atomic E-state index is 13.2. The van der Waals surface area contributed by atoms with Gasteiger partial charge in [-0.25, -0.2) is 0 Å². The highest BCUT2D eigenvalue weighted by molar-refractivity contribution is 5.95. The highest BCUT2D eigenvalue weighted by Crippen LogP contribution is 2.34. The number of ether oxygens (including phenoxy) is 4. The number of piperidine rings is 1. The van der Waals surface area contributed by atoms with E-state index in [4.69, 9.17) is 18.9 Å². The van der Waals surface area contributed by atoms with Crippen LogP contribution in [0.2, 0.25) is 0 Å². The van der Waals surface area contributed by atoms with E-state index in [1.54, 1.807) is 42.3 Å². The molecule has 8 nitrogen and oxygen atoms in total. The number of aromatic nitrogens is 1. The standard InChI is InChI=1S/C21H22N2O6/c1-14-4-7-23(15-2-3-16-17(12-15)27-13-26-16)20(25)18(14)19(24)22-8-5-21(6-9-22)28-10-11-29-21/h2-4,7,12H,5-6,8-11,13H2,1H3. The number of hydrogen-bond acceptors (Lipinski definition) is 6.